The van der Waals surface area contributed by atoms with Crippen LogP contribution in [0.2, 0.25) is 0 Å². The van der Waals surface area contributed by atoms with Crippen molar-refractivity contribution >= 4 is 29.0 Å². The Kier molecular flexibility index (Phi) is 3.89. The first kappa shape index (κ1) is 12.5. The van der Waals surface area contributed by atoms with Crippen LogP contribution in [0, 0.1) is 0 Å². The van der Waals surface area contributed by atoms with Crippen LogP contribution in [0.1, 0.15) is 31.8 Å². The zero-order chi connectivity index (χ0) is 12.3. The van der Waals surface area contributed by atoms with Crippen LogP contribution in [0.15, 0.2) is 0 Å². The highest BCUT2D eigenvalue weighted by Crippen LogP contribution is 2.32. The fourth-order valence-electron chi connectivity index (χ4n) is 1.31. The molecule has 0 saturated heterocycles. The van der Waals surface area contributed by atoms with Crippen LogP contribution >= 0.6 is 11.3 Å². The maximum Gasteiger partial charge on any atom is 0.350 e. The van der Waals surface area contributed by atoms with E-state index in [1.807, 2.05) is 6.92 Å². The quantitative estimate of drug-likeness (QED) is 0.813. The number of hydrogen-bond acceptors (Lipinski definition) is 6. The van der Waals surface area contributed by atoms with Gasteiger partial charge in [0.2, 0.25) is 0 Å². The third-order valence-electron chi connectivity index (χ3n) is 2.10. The molecule has 0 aliphatic carbocycles. The smallest absolute Gasteiger partial charge is 0.350 e. The van der Waals surface area contributed by atoms with Crippen molar-refractivity contribution in [2.24, 2.45) is 0 Å². The van der Waals surface area contributed by atoms with Crippen LogP contribution in [0.25, 0.3) is 0 Å². The molecule has 0 fully saturated rings. The van der Waals surface area contributed by atoms with Crippen molar-refractivity contribution in [1.29, 1.82) is 0 Å². The lowest BCUT2D eigenvalue weighted by Gasteiger charge is -2.01. The molecule has 6 heteroatoms. The molecule has 0 bridgehead atoms. The van der Waals surface area contributed by atoms with Crippen LogP contribution in [-0.4, -0.2) is 26.2 Å². The van der Waals surface area contributed by atoms with Gasteiger partial charge in [0.05, 0.1) is 25.5 Å². The zero-order valence-corrected chi connectivity index (χ0v) is 10.1. The van der Waals surface area contributed by atoms with Crippen LogP contribution in [0.3, 0.4) is 0 Å². The van der Waals surface area contributed by atoms with Crippen molar-refractivity contribution in [1.82, 2.24) is 0 Å². The summed E-state index contributed by atoms with van der Waals surface area (Å²) in [7, 11) is 2.54. The number of thiophene rings is 1. The van der Waals surface area contributed by atoms with E-state index in [-0.39, 0.29) is 16.1 Å². The zero-order valence-electron chi connectivity index (χ0n) is 9.33. The van der Waals surface area contributed by atoms with Gasteiger partial charge in [0, 0.05) is 4.88 Å². The van der Waals surface area contributed by atoms with Crippen LogP contribution < -0.4 is 5.73 Å². The van der Waals surface area contributed by atoms with Gasteiger partial charge in [-0.15, -0.1) is 11.3 Å². The number of ether oxygens (including phenoxy) is 2. The largest absolute Gasteiger partial charge is 0.465 e. The molecule has 5 nitrogen and oxygen atoms in total. The van der Waals surface area contributed by atoms with E-state index in [1.165, 1.54) is 14.2 Å². The number of rotatable bonds is 3. The van der Waals surface area contributed by atoms with Gasteiger partial charge in [-0.2, -0.15) is 0 Å². The van der Waals surface area contributed by atoms with Crippen molar-refractivity contribution in [3.8, 4) is 0 Å². The van der Waals surface area contributed by atoms with Gasteiger partial charge >= 0.3 is 11.9 Å². The summed E-state index contributed by atoms with van der Waals surface area (Å²) in [6.07, 6.45) is 0.607. The SMILES string of the molecule is CCc1sc(C(=O)OC)c(N)c1C(=O)OC. The van der Waals surface area contributed by atoms with Crippen molar-refractivity contribution in [2.45, 2.75) is 13.3 Å². The summed E-state index contributed by atoms with van der Waals surface area (Å²) in [5, 5.41) is 0. The van der Waals surface area contributed by atoms with Gasteiger partial charge < -0.3 is 15.2 Å². The van der Waals surface area contributed by atoms with Gasteiger partial charge in [0.25, 0.3) is 0 Å². The van der Waals surface area contributed by atoms with Crippen molar-refractivity contribution in [3.05, 3.63) is 15.3 Å². The fourth-order valence-corrected chi connectivity index (χ4v) is 2.38. The summed E-state index contributed by atoms with van der Waals surface area (Å²) in [5.74, 6) is -1.06. The number of nitrogen functional groups attached to an aromatic ring is 1. The normalized spacial score (nSPS) is 9.94. The molecular weight excluding hydrogens is 230 g/mol. The van der Waals surface area contributed by atoms with E-state index < -0.39 is 11.9 Å². The Hall–Kier alpha value is -1.56. The predicted molar refractivity (Wildman–Crippen MR) is 60.8 cm³/mol. The van der Waals surface area contributed by atoms with Crippen molar-refractivity contribution in [2.75, 3.05) is 20.0 Å². The summed E-state index contributed by atoms with van der Waals surface area (Å²) >= 11 is 1.16. The number of carbonyl (C=O) groups is 2. The van der Waals surface area contributed by atoms with Crippen LogP contribution in [0.4, 0.5) is 5.69 Å². The predicted octanol–water partition coefficient (Wildman–Crippen LogP) is 1.47. The number of esters is 2. The third kappa shape index (κ3) is 2.01. The Morgan fingerprint density at radius 3 is 2.25 bits per heavy atom. The highest BCUT2D eigenvalue weighted by Gasteiger charge is 2.25. The van der Waals surface area contributed by atoms with Crippen molar-refractivity contribution in [3.63, 3.8) is 0 Å². The molecule has 1 aromatic rings. The van der Waals surface area contributed by atoms with E-state index in [9.17, 15) is 9.59 Å². The molecule has 88 valence electrons. The number of anilines is 1. The molecule has 2 N–H and O–H groups in total. The molecule has 0 unspecified atom stereocenters. The second-order valence-corrected chi connectivity index (χ2v) is 4.08. The van der Waals surface area contributed by atoms with Crippen molar-refractivity contribution < 1.29 is 19.1 Å². The molecule has 0 amide bonds. The molecule has 0 saturated carbocycles. The second kappa shape index (κ2) is 4.98. The van der Waals surface area contributed by atoms with E-state index in [0.29, 0.717) is 6.42 Å². The molecule has 1 heterocycles. The molecule has 0 aliphatic heterocycles. The van der Waals surface area contributed by atoms with Gasteiger partial charge in [0.15, 0.2) is 0 Å². The van der Waals surface area contributed by atoms with Gasteiger partial charge in [-0.1, -0.05) is 6.92 Å². The number of carbonyl (C=O) groups excluding carboxylic acids is 2. The Morgan fingerprint density at radius 2 is 1.81 bits per heavy atom. The summed E-state index contributed by atoms with van der Waals surface area (Å²) in [6, 6.07) is 0. The number of aryl methyl sites for hydroxylation is 1. The average molecular weight is 243 g/mol. The van der Waals surface area contributed by atoms with Crippen LogP contribution in [0.5, 0.6) is 0 Å². The van der Waals surface area contributed by atoms with Gasteiger partial charge in [-0.3, -0.25) is 0 Å². The lowest BCUT2D eigenvalue weighted by molar-refractivity contribution is 0.0601. The number of hydrogen-bond donors (Lipinski definition) is 1. The average Bonchev–Trinajstić information content (AvgIpc) is 2.64. The van der Waals surface area contributed by atoms with E-state index in [0.717, 1.165) is 16.2 Å². The Bertz CT molecular complexity index is 425. The number of methoxy groups -OCH3 is 2. The van der Waals surface area contributed by atoms with Crippen LogP contribution in [-0.2, 0) is 15.9 Å². The molecule has 0 aromatic carbocycles. The summed E-state index contributed by atoms with van der Waals surface area (Å²) < 4.78 is 9.20. The first-order valence-corrected chi connectivity index (χ1v) is 5.46. The number of nitrogens with two attached hydrogens (primary N) is 1. The van der Waals surface area contributed by atoms with E-state index in [4.69, 9.17) is 5.73 Å². The second-order valence-electron chi connectivity index (χ2n) is 2.98. The van der Waals surface area contributed by atoms with E-state index in [2.05, 4.69) is 9.47 Å². The molecule has 0 atom stereocenters. The maximum atomic E-state index is 11.5. The topological polar surface area (TPSA) is 78.6 Å². The minimum absolute atomic E-state index is 0.139. The standard InChI is InChI=1S/C10H13NO4S/c1-4-5-6(9(12)14-2)7(11)8(16-5)10(13)15-3/h4,11H2,1-3H3. The monoisotopic (exact) mass is 243 g/mol. The molecule has 0 aliphatic rings. The Morgan fingerprint density at radius 1 is 1.25 bits per heavy atom. The lowest BCUT2D eigenvalue weighted by Crippen LogP contribution is -2.08. The maximum absolute atomic E-state index is 11.5. The fraction of sp³-hybridized carbons (Fsp3) is 0.400. The highest BCUT2D eigenvalue weighted by molar-refractivity contribution is 7.15. The molecule has 0 spiro atoms. The first-order valence-electron chi connectivity index (χ1n) is 4.64. The highest BCUT2D eigenvalue weighted by atomic mass is 32.1. The van der Waals surface area contributed by atoms with Gasteiger partial charge in [-0.05, 0) is 6.42 Å². The lowest BCUT2D eigenvalue weighted by atomic mass is 10.2. The minimum atomic E-state index is -0.535. The molecular formula is C10H13NO4S. The van der Waals surface area contributed by atoms with Gasteiger partial charge in [0.1, 0.15) is 4.88 Å². The van der Waals surface area contributed by atoms with E-state index in [1.54, 1.807) is 0 Å². The van der Waals surface area contributed by atoms with E-state index >= 15 is 0 Å². The molecule has 1 aromatic heterocycles. The third-order valence-corrected chi connectivity index (χ3v) is 3.43. The van der Waals surface area contributed by atoms with Gasteiger partial charge in [-0.25, -0.2) is 9.59 Å². The molecule has 1 rings (SSSR count). The Labute approximate surface area is 97.2 Å². The molecule has 0 radical (unpaired) electrons. The summed E-state index contributed by atoms with van der Waals surface area (Å²) in [4.78, 5) is 23.8. The summed E-state index contributed by atoms with van der Waals surface area (Å²) in [6.45, 7) is 1.87. The summed E-state index contributed by atoms with van der Waals surface area (Å²) in [5.41, 5.74) is 6.15. The first-order chi connectivity index (χ1) is 7.56. The Balaban J connectivity index is 3.32. The minimum Gasteiger partial charge on any atom is -0.465 e. The molecule has 16 heavy (non-hydrogen) atoms.